The number of aromatic nitrogens is 2. The lowest BCUT2D eigenvalue weighted by atomic mass is 10.1. The lowest BCUT2D eigenvalue weighted by molar-refractivity contribution is 0.0932. The molecule has 3 aromatic carbocycles. The largest absolute Gasteiger partial charge is 0.342 e. The van der Waals surface area contributed by atoms with Crippen molar-refractivity contribution < 1.29 is 4.79 Å². The number of hydrogen-bond acceptors (Lipinski definition) is 3. The molecule has 0 radical (unpaired) electrons. The quantitative estimate of drug-likeness (QED) is 0.455. The van der Waals surface area contributed by atoms with E-state index in [0.717, 1.165) is 35.3 Å². The van der Waals surface area contributed by atoms with Gasteiger partial charge in [-0.3, -0.25) is 4.79 Å². The molecule has 0 bridgehead atoms. The molecule has 1 heterocycles. The maximum Gasteiger partial charge on any atom is 0.251 e. The number of fused-ring (bicyclic) bond motifs is 1. The van der Waals surface area contributed by atoms with Gasteiger partial charge in [0.25, 0.3) is 5.91 Å². The Hall–Kier alpha value is -3.91. The number of nitrogens with one attached hydrogen (secondary N) is 1. The zero-order chi connectivity index (χ0) is 21.6. The zero-order valence-corrected chi connectivity index (χ0v) is 17.5. The summed E-state index contributed by atoms with van der Waals surface area (Å²) in [5, 5.41) is 12.3. The Bertz CT molecular complexity index is 1220. The van der Waals surface area contributed by atoms with Crippen LogP contribution in [0.4, 0.5) is 0 Å². The number of para-hydroxylation sites is 2. The van der Waals surface area contributed by atoms with E-state index in [9.17, 15) is 4.79 Å². The minimum Gasteiger partial charge on any atom is -0.342 e. The fourth-order valence-corrected chi connectivity index (χ4v) is 3.78. The van der Waals surface area contributed by atoms with Gasteiger partial charge in [0.1, 0.15) is 5.82 Å². The predicted octanol–water partition coefficient (Wildman–Crippen LogP) is 5.23. The second-order valence-electron chi connectivity index (χ2n) is 7.53. The maximum absolute atomic E-state index is 12.9. The van der Waals surface area contributed by atoms with E-state index in [1.165, 1.54) is 0 Å². The fraction of sp³-hybridized carbons (Fsp3) is 0.192. The number of amides is 1. The van der Waals surface area contributed by atoms with Crippen LogP contribution < -0.4 is 5.32 Å². The van der Waals surface area contributed by atoms with Crippen molar-refractivity contribution in [1.82, 2.24) is 14.9 Å². The molecular weight excluding hydrogens is 384 g/mol. The number of nitriles is 1. The van der Waals surface area contributed by atoms with Gasteiger partial charge < -0.3 is 9.88 Å². The highest BCUT2D eigenvalue weighted by molar-refractivity contribution is 5.94. The third kappa shape index (κ3) is 4.49. The van der Waals surface area contributed by atoms with Crippen LogP contribution in [0, 0.1) is 11.3 Å². The van der Waals surface area contributed by atoms with E-state index >= 15 is 0 Å². The number of benzene rings is 3. The van der Waals surface area contributed by atoms with Crippen molar-refractivity contribution in [2.24, 2.45) is 0 Å². The van der Waals surface area contributed by atoms with E-state index in [2.05, 4.69) is 28.9 Å². The van der Waals surface area contributed by atoms with Crippen molar-refractivity contribution >= 4 is 16.9 Å². The van der Waals surface area contributed by atoms with Crippen molar-refractivity contribution in [2.45, 2.75) is 32.4 Å². The molecule has 1 unspecified atom stereocenters. The smallest absolute Gasteiger partial charge is 0.251 e. The molecule has 4 aromatic rings. The SMILES string of the molecule is CCCC(NC(=O)c1ccccc1)c1nc2ccccc2n1Cc1ccc(C#N)cc1. The van der Waals surface area contributed by atoms with Crippen LogP contribution in [0.15, 0.2) is 78.9 Å². The first kappa shape index (κ1) is 20.4. The molecule has 31 heavy (non-hydrogen) atoms. The van der Waals surface area contributed by atoms with Crippen molar-refractivity contribution in [1.29, 1.82) is 5.26 Å². The first-order valence-corrected chi connectivity index (χ1v) is 10.5. The molecule has 0 aliphatic carbocycles. The molecular formula is C26H24N4O. The third-order valence-electron chi connectivity index (χ3n) is 5.34. The van der Waals surface area contributed by atoms with E-state index in [4.69, 9.17) is 10.2 Å². The molecule has 5 heteroatoms. The molecule has 1 atom stereocenters. The van der Waals surface area contributed by atoms with Crippen molar-refractivity contribution in [3.8, 4) is 6.07 Å². The minimum absolute atomic E-state index is 0.101. The van der Waals surface area contributed by atoms with Gasteiger partial charge in [-0.15, -0.1) is 0 Å². The molecule has 1 N–H and O–H groups in total. The molecule has 4 rings (SSSR count). The van der Waals surface area contributed by atoms with Crippen molar-refractivity contribution in [3.63, 3.8) is 0 Å². The van der Waals surface area contributed by atoms with Crippen molar-refractivity contribution in [2.75, 3.05) is 0 Å². The fourth-order valence-electron chi connectivity index (χ4n) is 3.78. The highest BCUT2D eigenvalue weighted by Crippen LogP contribution is 2.25. The predicted molar refractivity (Wildman–Crippen MR) is 122 cm³/mol. The topological polar surface area (TPSA) is 70.7 Å². The molecule has 1 aromatic heterocycles. The van der Waals surface area contributed by atoms with Crippen LogP contribution in [0.5, 0.6) is 0 Å². The highest BCUT2D eigenvalue weighted by Gasteiger charge is 2.22. The summed E-state index contributed by atoms with van der Waals surface area (Å²) >= 11 is 0. The summed E-state index contributed by atoms with van der Waals surface area (Å²) in [6.07, 6.45) is 1.70. The molecule has 0 saturated heterocycles. The van der Waals surface area contributed by atoms with E-state index < -0.39 is 0 Å². The van der Waals surface area contributed by atoms with Gasteiger partial charge >= 0.3 is 0 Å². The minimum atomic E-state index is -0.205. The maximum atomic E-state index is 12.9. The molecule has 0 aliphatic rings. The summed E-state index contributed by atoms with van der Waals surface area (Å²) in [4.78, 5) is 17.8. The number of nitrogens with zero attached hydrogens (tertiary/aromatic N) is 3. The lowest BCUT2D eigenvalue weighted by Gasteiger charge is -2.20. The highest BCUT2D eigenvalue weighted by atomic mass is 16.1. The normalized spacial score (nSPS) is 11.7. The second-order valence-corrected chi connectivity index (χ2v) is 7.53. The zero-order valence-electron chi connectivity index (χ0n) is 17.5. The Labute approximate surface area is 182 Å². The van der Waals surface area contributed by atoms with Gasteiger partial charge in [-0.1, -0.05) is 55.8 Å². The van der Waals surface area contributed by atoms with E-state index in [-0.39, 0.29) is 11.9 Å². The summed E-state index contributed by atoms with van der Waals surface area (Å²) in [6.45, 7) is 2.72. The summed E-state index contributed by atoms with van der Waals surface area (Å²) in [5.74, 6) is 0.743. The van der Waals surface area contributed by atoms with Gasteiger partial charge in [-0.05, 0) is 48.4 Å². The Kier molecular flexibility index (Phi) is 6.09. The molecule has 0 fully saturated rings. The lowest BCUT2D eigenvalue weighted by Crippen LogP contribution is -2.30. The molecule has 0 aliphatic heterocycles. The molecule has 1 amide bonds. The monoisotopic (exact) mass is 408 g/mol. The average molecular weight is 409 g/mol. The summed E-state index contributed by atoms with van der Waals surface area (Å²) < 4.78 is 2.17. The van der Waals surface area contributed by atoms with Gasteiger partial charge in [0.2, 0.25) is 0 Å². The van der Waals surface area contributed by atoms with E-state index in [0.29, 0.717) is 17.7 Å². The number of imidazole rings is 1. The molecule has 0 saturated carbocycles. The standard InChI is InChI=1S/C26H24N4O/c1-2-8-23(29-26(31)21-9-4-3-5-10-21)25-28-22-11-6-7-12-24(22)30(25)18-20-15-13-19(17-27)14-16-20/h3-7,9-16,23H,2,8,18H2,1H3,(H,29,31). The van der Waals surface area contributed by atoms with E-state index in [1.807, 2.05) is 72.8 Å². The van der Waals surface area contributed by atoms with Gasteiger partial charge in [-0.25, -0.2) is 4.98 Å². The summed E-state index contributed by atoms with van der Waals surface area (Å²) in [7, 11) is 0. The van der Waals surface area contributed by atoms with Crippen LogP contribution in [0.1, 0.15) is 53.1 Å². The van der Waals surface area contributed by atoms with Crippen LogP contribution in [-0.2, 0) is 6.54 Å². The number of rotatable bonds is 7. The summed E-state index contributed by atoms with van der Waals surface area (Å²) in [6, 6.07) is 26.8. The van der Waals surface area contributed by atoms with Gasteiger partial charge in [-0.2, -0.15) is 5.26 Å². The molecule has 0 spiro atoms. The Balaban J connectivity index is 1.72. The molecule has 154 valence electrons. The summed E-state index contributed by atoms with van der Waals surface area (Å²) in [5.41, 5.74) is 4.28. The number of hydrogen-bond donors (Lipinski definition) is 1. The molecule has 5 nitrogen and oxygen atoms in total. The van der Waals surface area contributed by atoms with Crippen LogP contribution in [-0.4, -0.2) is 15.5 Å². The second kappa shape index (κ2) is 9.27. The van der Waals surface area contributed by atoms with Gasteiger partial charge in [0.05, 0.1) is 28.7 Å². The van der Waals surface area contributed by atoms with Gasteiger partial charge in [0.15, 0.2) is 0 Å². The first-order valence-electron chi connectivity index (χ1n) is 10.5. The van der Waals surface area contributed by atoms with Crippen LogP contribution in [0.3, 0.4) is 0 Å². The Morgan fingerprint density at radius 2 is 1.74 bits per heavy atom. The van der Waals surface area contributed by atoms with Crippen LogP contribution in [0.2, 0.25) is 0 Å². The van der Waals surface area contributed by atoms with Crippen LogP contribution in [0.25, 0.3) is 11.0 Å². The Morgan fingerprint density at radius 3 is 2.45 bits per heavy atom. The van der Waals surface area contributed by atoms with Gasteiger partial charge in [0, 0.05) is 12.1 Å². The number of carbonyl (C=O) groups excluding carboxylic acids is 1. The van der Waals surface area contributed by atoms with E-state index in [1.54, 1.807) is 0 Å². The average Bonchev–Trinajstić information content (AvgIpc) is 3.18. The third-order valence-corrected chi connectivity index (χ3v) is 5.34. The Morgan fingerprint density at radius 1 is 1.03 bits per heavy atom. The van der Waals surface area contributed by atoms with Crippen LogP contribution >= 0.6 is 0 Å². The number of carbonyl (C=O) groups is 1. The van der Waals surface area contributed by atoms with Crippen molar-refractivity contribution in [3.05, 3.63) is 101 Å². The first-order chi connectivity index (χ1) is 15.2.